The number of carbonyl (C=O) groups excluding carboxylic acids is 1. The maximum atomic E-state index is 13.6. The van der Waals surface area contributed by atoms with Crippen molar-refractivity contribution in [3.05, 3.63) is 42.1 Å². The van der Waals surface area contributed by atoms with E-state index in [0.717, 1.165) is 32.2 Å². The Labute approximate surface area is 180 Å². The first kappa shape index (κ1) is 21.4. The molecule has 1 aliphatic rings. The first-order chi connectivity index (χ1) is 13.1. The van der Waals surface area contributed by atoms with Gasteiger partial charge in [0.2, 0.25) is 5.91 Å². The Bertz CT molecular complexity index is 1200. The molecular formula is C19H16Cl2F2N4OS. The standard InChI is InChI=1S/C19H14F2N4OS.2ClH/c20-7-10-2-3-14-12(8-22-25-14)17(10)9-1-4-15-16(5-9)27-19(23-15)24-18(26)11-6-13(11)21;;/h1-5,8,11,13H,6-7H2,(H,22,25)(H,23,24,26);2*1H/t11?,13-;;/m0../s1. The Morgan fingerprint density at radius 2 is 2.07 bits per heavy atom. The van der Waals surface area contributed by atoms with E-state index in [-0.39, 0.29) is 37.1 Å². The zero-order valence-corrected chi connectivity index (χ0v) is 17.3. The lowest BCUT2D eigenvalue weighted by atomic mass is 9.96. The van der Waals surface area contributed by atoms with Crippen LogP contribution in [0.3, 0.4) is 0 Å². The Kier molecular flexibility index (Phi) is 6.07. The molecule has 2 aromatic carbocycles. The zero-order valence-electron chi connectivity index (χ0n) is 14.8. The van der Waals surface area contributed by atoms with E-state index in [4.69, 9.17) is 0 Å². The van der Waals surface area contributed by atoms with Crippen LogP contribution in [0.4, 0.5) is 13.9 Å². The van der Waals surface area contributed by atoms with E-state index in [9.17, 15) is 13.6 Å². The molecule has 0 spiro atoms. The van der Waals surface area contributed by atoms with Crippen molar-refractivity contribution < 1.29 is 13.6 Å². The predicted octanol–water partition coefficient (Wildman–Crippen LogP) is 5.45. The summed E-state index contributed by atoms with van der Waals surface area (Å²) in [4.78, 5) is 16.3. The molecule has 0 bridgehead atoms. The molecule has 1 unspecified atom stereocenters. The first-order valence-corrected chi connectivity index (χ1v) is 9.32. The summed E-state index contributed by atoms with van der Waals surface area (Å²) in [5.74, 6) is -0.886. The average Bonchev–Trinajstić information content (AvgIpc) is 3.07. The second kappa shape index (κ2) is 8.22. The summed E-state index contributed by atoms with van der Waals surface area (Å²) in [6.45, 7) is -0.579. The minimum atomic E-state index is -1.04. The predicted molar refractivity (Wildman–Crippen MR) is 116 cm³/mol. The highest BCUT2D eigenvalue weighted by molar-refractivity contribution is 7.22. The number of rotatable bonds is 4. The second-order valence-corrected chi connectivity index (χ2v) is 7.64. The van der Waals surface area contributed by atoms with Gasteiger partial charge in [0.15, 0.2) is 5.13 Å². The van der Waals surface area contributed by atoms with Gasteiger partial charge in [0.25, 0.3) is 0 Å². The second-order valence-electron chi connectivity index (χ2n) is 6.61. The monoisotopic (exact) mass is 456 g/mol. The van der Waals surface area contributed by atoms with Crippen LogP contribution in [-0.4, -0.2) is 27.3 Å². The Morgan fingerprint density at radius 3 is 2.79 bits per heavy atom. The fraction of sp³-hybridized carbons (Fsp3) is 0.211. The summed E-state index contributed by atoms with van der Waals surface area (Å²) < 4.78 is 27.5. The molecular weight excluding hydrogens is 441 g/mol. The minimum Gasteiger partial charge on any atom is -0.302 e. The van der Waals surface area contributed by atoms with Crippen molar-refractivity contribution in [2.75, 3.05) is 5.32 Å². The van der Waals surface area contributed by atoms with E-state index >= 15 is 0 Å². The number of aromatic nitrogens is 3. The summed E-state index contributed by atoms with van der Waals surface area (Å²) >= 11 is 1.32. The van der Waals surface area contributed by atoms with Gasteiger partial charge < -0.3 is 5.32 Å². The van der Waals surface area contributed by atoms with Gasteiger partial charge in [0.1, 0.15) is 12.8 Å². The van der Waals surface area contributed by atoms with Crippen molar-refractivity contribution in [2.45, 2.75) is 19.3 Å². The fourth-order valence-electron chi connectivity index (χ4n) is 3.28. The molecule has 1 aliphatic carbocycles. The van der Waals surface area contributed by atoms with Gasteiger partial charge in [-0.05, 0) is 41.3 Å². The number of hydrogen-bond donors (Lipinski definition) is 2. The van der Waals surface area contributed by atoms with Gasteiger partial charge in [-0.2, -0.15) is 5.10 Å². The molecule has 1 saturated carbocycles. The van der Waals surface area contributed by atoms with Crippen molar-refractivity contribution in [2.24, 2.45) is 5.92 Å². The molecule has 1 fully saturated rings. The number of H-pyrrole nitrogens is 1. The molecule has 0 radical (unpaired) electrons. The van der Waals surface area contributed by atoms with Gasteiger partial charge in [0.05, 0.1) is 27.8 Å². The number of carbonyl (C=O) groups is 1. The van der Waals surface area contributed by atoms with E-state index < -0.39 is 18.8 Å². The largest absolute Gasteiger partial charge is 0.302 e. The third kappa shape index (κ3) is 3.80. The van der Waals surface area contributed by atoms with Gasteiger partial charge >= 0.3 is 0 Å². The lowest BCUT2D eigenvalue weighted by Gasteiger charge is -2.08. The molecule has 2 heterocycles. The molecule has 5 rings (SSSR count). The Hall–Kier alpha value is -2.29. The van der Waals surface area contributed by atoms with Crippen LogP contribution in [0.2, 0.25) is 0 Å². The molecule has 10 heteroatoms. The van der Waals surface area contributed by atoms with Crippen LogP contribution >= 0.6 is 36.2 Å². The van der Waals surface area contributed by atoms with Crippen molar-refractivity contribution in [1.29, 1.82) is 0 Å². The fourth-order valence-corrected chi connectivity index (χ4v) is 4.19. The number of benzene rings is 2. The number of aromatic amines is 1. The van der Waals surface area contributed by atoms with Crippen LogP contribution in [0.1, 0.15) is 12.0 Å². The van der Waals surface area contributed by atoms with Crippen LogP contribution in [-0.2, 0) is 11.5 Å². The highest BCUT2D eigenvalue weighted by atomic mass is 35.5. The molecule has 0 saturated heterocycles. The number of hydrogen-bond acceptors (Lipinski definition) is 4. The minimum absolute atomic E-state index is 0. The molecule has 1 amide bonds. The third-order valence-electron chi connectivity index (χ3n) is 4.81. The smallest absolute Gasteiger partial charge is 0.232 e. The normalized spacial score (nSPS) is 17.6. The number of thiazole rings is 1. The van der Waals surface area contributed by atoms with E-state index in [2.05, 4.69) is 20.5 Å². The molecule has 29 heavy (non-hydrogen) atoms. The topological polar surface area (TPSA) is 70.7 Å². The van der Waals surface area contributed by atoms with E-state index in [1.165, 1.54) is 11.3 Å². The van der Waals surface area contributed by atoms with E-state index in [1.807, 2.05) is 24.3 Å². The molecule has 152 valence electrons. The summed E-state index contributed by atoms with van der Waals surface area (Å²) in [7, 11) is 0. The van der Waals surface area contributed by atoms with Crippen LogP contribution < -0.4 is 5.32 Å². The van der Waals surface area contributed by atoms with Crippen LogP contribution in [0, 0.1) is 5.92 Å². The number of amides is 1. The molecule has 2 atom stereocenters. The quantitative estimate of drug-likeness (QED) is 0.428. The van der Waals surface area contributed by atoms with Crippen molar-refractivity contribution in [3.8, 4) is 11.1 Å². The molecule has 2 aromatic heterocycles. The Morgan fingerprint density at radius 1 is 1.28 bits per heavy atom. The molecule has 4 aromatic rings. The molecule has 2 N–H and O–H groups in total. The average molecular weight is 457 g/mol. The van der Waals surface area contributed by atoms with E-state index in [1.54, 1.807) is 12.3 Å². The number of nitrogens with zero attached hydrogens (tertiary/aromatic N) is 2. The van der Waals surface area contributed by atoms with Crippen molar-refractivity contribution >= 4 is 68.3 Å². The lowest BCUT2D eigenvalue weighted by Crippen LogP contribution is -2.14. The zero-order chi connectivity index (χ0) is 18.5. The van der Waals surface area contributed by atoms with Gasteiger partial charge in [-0.1, -0.05) is 23.5 Å². The summed E-state index contributed by atoms with van der Waals surface area (Å²) in [5, 5.41) is 10.9. The maximum Gasteiger partial charge on any atom is 0.232 e. The van der Waals surface area contributed by atoms with Crippen LogP contribution in [0.5, 0.6) is 0 Å². The number of fused-ring (bicyclic) bond motifs is 2. The summed E-state index contributed by atoms with van der Waals surface area (Å²) in [6.07, 6.45) is 0.928. The van der Waals surface area contributed by atoms with Crippen molar-refractivity contribution in [1.82, 2.24) is 15.2 Å². The molecule has 5 nitrogen and oxygen atoms in total. The highest BCUT2D eigenvalue weighted by Crippen LogP contribution is 2.38. The summed E-state index contributed by atoms with van der Waals surface area (Å²) in [5.41, 5.74) is 3.80. The van der Waals surface area contributed by atoms with E-state index in [0.29, 0.717) is 10.7 Å². The number of halogens is 4. The van der Waals surface area contributed by atoms with Gasteiger partial charge in [-0.3, -0.25) is 9.89 Å². The van der Waals surface area contributed by atoms with Gasteiger partial charge in [0, 0.05) is 5.39 Å². The first-order valence-electron chi connectivity index (χ1n) is 8.51. The number of anilines is 1. The SMILES string of the molecule is Cl.Cl.O=C(Nc1nc2ccc(-c3c(CF)ccc4[nH]ncc34)cc2s1)C1C[C@@H]1F. The number of nitrogens with one attached hydrogen (secondary N) is 2. The summed E-state index contributed by atoms with van der Waals surface area (Å²) in [6, 6.07) is 9.22. The van der Waals surface area contributed by atoms with Gasteiger partial charge in [-0.25, -0.2) is 13.8 Å². The lowest BCUT2D eigenvalue weighted by molar-refractivity contribution is -0.117. The molecule has 0 aliphatic heterocycles. The number of alkyl halides is 2. The van der Waals surface area contributed by atoms with Crippen LogP contribution in [0.15, 0.2) is 36.5 Å². The van der Waals surface area contributed by atoms with Crippen LogP contribution in [0.25, 0.3) is 32.2 Å². The highest BCUT2D eigenvalue weighted by Gasteiger charge is 2.43. The Balaban J connectivity index is 0.00000120. The third-order valence-corrected chi connectivity index (χ3v) is 5.74. The van der Waals surface area contributed by atoms with Gasteiger partial charge in [-0.15, -0.1) is 24.8 Å². The van der Waals surface area contributed by atoms with Crippen molar-refractivity contribution in [3.63, 3.8) is 0 Å². The maximum absolute atomic E-state index is 13.6.